The number of halogens is 1. The van der Waals surface area contributed by atoms with Crippen molar-refractivity contribution >= 4 is 33.5 Å². The molecule has 1 aliphatic rings. The van der Waals surface area contributed by atoms with Crippen LogP contribution in [0.3, 0.4) is 0 Å². The molecular weight excluding hydrogens is 294 g/mol. The van der Waals surface area contributed by atoms with Gasteiger partial charge in [0.05, 0.1) is 0 Å². The van der Waals surface area contributed by atoms with Crippen LogP contribution in [0, 0.1) is 5.82 Å². The molecule has 0 fully saturated rings. The molecule has 0 saturated carbocycles. The zero-order chi connectivity index (χ0) is 17.0. The zero-order valence-electron chi connectivity index (χ0n) is 13.1. The first-order valence-electron chi connectivity index (χ1n) is 7.39. The second kappa shape index (κ2) is 7.68. The van der Waals surface area contributed by atoms with Gasteiger partial charge in [-0.1, -0.05) is 0 Å². The van der Waals surface area contributed by atoms with E-state index in [0.717, 1.165) is 0 Å². The fourth-order valence-corrected chi connectivity index (χ4v) is 2.46. The van der Waals surface area contributed by atoms with Gasteiger partial charge in [0, 0.05) is 0 Å². The van der Waals surface area contributed by atoms with E-state index in [2.05, 4.69) is 10.5 Å². The number of Topliss-reactive ketones (excluding diaryl/α,β-unsaturated/α-hetero) is 1. The van der Waals surface area contributed by atoms with E-state index in [1.807, 2.05) is 0 Å². The van der Waals surface area contributed by atoms with Crippen LogP contribution in [0.15, 0.2) is 24.3 Å². The van der Waals surface area contributed by atoms with Crippen molar-refractivity contribution in [1.29, 1.82) is 0 Å². The molecule has 1 aliphatic heterocycles. The second-order valence-electron chi connectivity index (χ2n) is 5.67. The minimum absolute atomic E-state index is 0.0917. The molecule has 1 heterocycles. The standard InChI is InChI=1S/C14H17B3FN3O2/c1-8(22)6-12(10-4-3-5-11(18)7-10)19-14(23)13(9(2)20-15)21-16-17-21/h3-5,7,9,12-13,20H,6H2,1-2H3,(H,19,23)/t9-,12-,13-/m0/s1. The van der Waals surface area contributed by atoms with Crippen LogP contribution in [-0.2, 0) is 9.59 Å². The van der Waals surface area contributed by atoms with Gasteiger partial charge >= 0.3 is 137 Å². The van der Waals surface area contributed by atoms with E-state index < -0.39 is 17.9 Å². The van der Waals surface area contributed by atoms with Crippen molar-refractivity contribution < 1.29 is 14.0 Å². The van der Waals surface area contributed by atoms with Gasteiger partial charge in [-0.25, -0.2) is 0 Å². The predicted molar refractivity (Wildman–Crippen MR) is 88.1 cm³/mol. The Hall–Kier alpha value is -1.76. The summed E-state index contributed by atoms with van der Waals surface area (Å²) in [5, 5.41) is 5.39. The molecule has 0 spiro atoms. The van der Waals surface area contributed by atoms with Crippen LogP contribution < -0.4 is 10.5 Å². The van der Waals surface area contributed by atoms with Crippen LogP contribution in [0.4, 0.5) is 4.39 Å². The molecule has 2 rings (SSSR count). The molecule has 1 aromatic carbocycles. The first-order valence-corrected chi connectivity index (χ1v) is 7.39. The van der Waals surface area contributed by atoms with Crippen molar-refractivity contribution in [3.63, 3.8) is 0 Å². The Morgan fingerprint density at radius 1 is 1.39 bits per heavy atom. The molecule has 23 heavy (non-hydrogen) atoms. The molecular formula is C14H17B3FN3O2. The van der Waals surface area contributed by atoms with E-state index >= 15 is 0 Å². The Balaban J connectivity index is 2.16. The molecule has 9 heteroatoms. The van der Waals surface area contributed by atoms with Crippen molar-refractivity contribution in [3.05, 3.63) is 35.6 Å². The Bertz CT molecular complexity index is 623. The number of ketones is 1. The summed E-state index contributed by atoms with van der Waals surface area (Å²) in [6.45, 7) is 6.75. The molecule has 1 amide bonds. The number of nitrogens with one attached hydrogen (secondary N) is 2. The Kier molecular flexibility index (Phi) is 5.88. The Labute approximate surface area is 137 Å². The van der Waals surface area contributed by atoms with E-state index in [0.29, 0.717) is 5.56 Å². The SMILES string of the molecule is [B]N[C@@H](C)[C@@H](C(=O)N[C@@H](CC(C)=O)c1cccc(F)c1)N1B=B1. The van der Waals surface area contributed by atoms with Gasteiger partial charge < -0.3 is 0 Å². The third kappa shape index (κ3) is 4.86. The molecule has 1 aromatic rings. The zero-order valence-corrected chi connectivity index (χ0v) is 13.1. The number of nitrogens with zero attached hydrogens (tertiary/aromatic N) is 1. The second-order valence-corrected chi connectivity index (χ2v) is 5.67. The molecule has 0 unspecified atom stereocenters. The van der Waals surface area contributed by atoms with Crippen molar-refractivity contribution in [2.45, 2.75) is 38.4 Å². The van der Waals surface area contributed by atoms with Crippen molar-refractivity contribution in [3.8, 4) is 0 Å². The molecule has 3 atom stereocenters. The molecule has 0 bridgehead atoms. The van der Waals surface area contributed by atoms with Gasteiger partial charge in [-0.05, 0) is 0 Å². The van der Waals surface area contributed by atoms with E-state index in [9.17, 15) is 14.0 Å². The summed E-state index contributed by atoms with van der Waals surface area (Å²) in [6.07, 6.45) is 0.0970. The van der Waals surface area contributed by atoms with Crippen molar-refractivity contribution in [1.82, 2.24) is 15.3 Å². The number of hydrogen-bond acceptors (Lipinski definition) is 4. The summed E-state index contributed by atoms with van der Waals surface area (Å²) in [7, 11) is 5.43. The van der Waals surface area contributed by atoms with Crippen molar-refractivity contribution in [2.75, 3.05) is 0 Å². The van der Waals surface area contributed by atoms with Crippen LogP contribution in [0.1, 0.15) is 31.9 Å². The average Bonchev–Trinajstić information content (AvgIpc) is 3.30. The summed E-state index contributed by atoms with van der Waals surface area (Å²) in [5.74, 6) is -0.784. The summed E-state index contributed by atoms with van der Waals surface area (Å²) in [4.78, 5) is 24.1. The number of hydrogen-bond donors (Lipinski definition) is 2. The monoisotopic (exact) mass is 311 g/mol. The molecule has 116 valence electrons. The van der Waals surface area contributed by atoms with Gasteiger partial charge in [-0.3, -0.25) is 0 Å². The maximum atomic E-state index is 13.4. The maximum absolute atomic E-state index is 13.4. The summed E-state index contributed by atoms with van der Waals surface area (Å²) in [6, 6.07) is 4.48. The van der Waals surface area contributed by atoms with Gasteiger partial charge in [-0.2, -0.15) is 0 Å². The normalized spacial score (nSPS) is 15.9. The molecule has 2 N–H and O–H groups in total. The van der Waals surface area contributed by atoms with Crippen molar-refractivity contribution in [2.24, 2.45) is 0 Å². The first-order chi connectivity index (χ1) is 10.9. The topological polar surface area (TPSA) is 61.2 Å². The number of rotatable bonds is 8. The first kappa shape index (κ1) is 17.6. The predicted octanol–water partition coefficient (Wildman–Crippen LogP) is -0.139. The fraction of sp³-hybridized carbons (Fsp3) is 0.429. The van der Waals surface area contributed by atoms with Gasteiger partial charge in [0.2, 0.25) is 0 Å². The van der Waals surface area contributed by atoms with Crippen LogP contribution >= 0.6 is 0 Å². The van der Waals surface area contributed by atoms with Gasteiger partial charge in [0.25, 0.3) is 0 Å². The number of carbonyl (C=O) groups excluding carboxylic acids is 2. The average molecular weight is 311 g/mol. The van der Waals surface area contributed by atoms with E-state index in [-0.39, 0.29) is 24.2 Å². The summed E-state index contributed by atoms with van der Waals surface area (Å²) >= 11 is 0. The molecule has 0 aliphatic carbocycles. The third-order valence-electron chi connectivity index (χ3n) is 3.71. The molecule has 0 saturated heterocycles. The number of carbonyl (C=O) groups is 2. The van der Waals surface area contributed by atoms with Gasteiger partial charge in [0.15, 0.2) is 0 Å². The third-order valence-corrected chi connectivity index (χ3v) is 3.71. The molecule has 0 aromatic heterocycles. The molecule has 5 nitrogen and oxygen atoms in total. The summed E-state index contributed by atoms with van der Waals surface area (Å²) in [5.41, 5.74) is 0.555. The van der Waals surface area contributed by atoms with Crippen LogP contribution in [0.5, 0.6) is 0 Å². The van der Waals surface area contributed by atoms with Crippen LogP contribution in [0.2, 0.25) is 0 Å². The van der Waals surface area contributed by atoms with E-state index in [1.165, 1.54) is 19.1 Å². The number of amides is 1. The minimum atomic E-state index is -0.580. The molecule has 2 radical (unpaired) electrons. The van der Waals surface area contributed by atoms with Crippen LogP contribution in [-0.4, -0.2) is 50.4 Å². The quantitative estimate of drug-likeness (QED) is 0.656. The summed E-state index contributed by atoms with van der Waals surface area (Å²) < 4.78 is 15.2. The van der Waals surface area contributed by atoms with Gasteiger partial charge in [-0.15, -0.1) is 0 Å². The Morgan fingerprint density at radius 2 is 2.09 bits per heavy atom. The fourth-order valence-electron chi connectivity index (χ4n) is 2.46. The van der Waals surface area contributed by atoms with E-state index in [4.69, 9.17) is 7.98 Å². The van der Waals surface area contributed by atoms with Gasteiger partial charge in [0.1, 0.15) is 0 Å². The Morgan fingerprint density at radius 3 is 2.61 bits per heavy atom. The van der Waals surface area contributed by atoms with E-state index in [1.54, 1.807) is 37.7 Å². The number of benzene rings is 1. The van der Waals surface area contributed by atoms with Crippen LogP contribution in [0.25, 0.3) is 0 Å².